The summed E-state index contributed by atoms with van der Waals surface area (Å²) < 4.78 is 19.1. The second-order valence-electron chi connectivity index (χ2n) is 6.18. The first kappa shape index (κ1) is 13.7. The molecule has 20 heavy (non-hydrogen) atoms. The lowest BCUT2D eigenvalue weighted by Crippen LogP contribution is -2.28. The molecule has 2 unspecified atom stereocenters. The third-order valence-corrected chi connectivity index (χ3v) is 4.61. The zero-order chi connectivity index (χ0) is 13.9. The van der Waals surface area contributed by atoms with Crippen LogP contribution in [0.1, 0.15) is 45.4 Å². The van der Waals surface area contributed by atoms with Crippen molar-refractivity contribution in [2.75, 3.05) is 11.9 Å². The van der Waals surface area contributed by atoms with Crippen molar-refractivity contribution in [3.05, 3.63) is 24.0 Å². The lowest BCUT2D eigenvalue weighted by atomic mass is 9.82. The molecule has 1 aromatic carbocycles. The van der Waals surface area contributed by atoms with Crippen molar-refractivity contribution >= 4 is 5.69 Å². The number of anilines is 1. The Hall–Kier alpha value is -1.25. The van der Waals surface area contributed by atoms with Gasteiger partial charge in [-0.25, -0.2) is 4.39 Å². The number of nitrogens with one attached hydrogen (secondary N) is 1. The maximum Gasteiger partial charge on any atom is 0.167 e. The van der Waals surface area contributed by atoms with Crippen molar-refractivity contribution in [3.8, 4) is 5.75 Å². The van der Waals surface area contributed by atoms with Gasteiger partial charge in [0.25, 0.3) is 0 Å². The van der Waals surface area contributed by atoms with Gasteiger partial charge in [-0.1, -0.05) is 12.8 Å². The van der Waals surface area contributed by atoms with Crippen LogP contribution >= 0.6 is 0 Å². The highest BCUT2D eigenvalue weighted by atomic mass is 19.1. The maximum atomic E-state index is 13.8. The van der Waals surface area contributed by atoms with E-state index in [1.165, 1.54) is 38.5 Å². The van der Waals surface area contributed by atoms with E-state index in [1.54, 1.807) is 12.1 Å². The topological polar surface area (TPSA) is 21.3 Å². The summed E-state index contributed by atoms with van der Waals surface area (Å²) >= 11 is 0. The quantitative estimate of drug-likeness (QED) is 0.849. The number of ether oxygens (including phenoxy) is 1. The first-order valence-electron chi connectivity index (χ1n) is 7.95. The van der Waals surface area contributed by atoms with Crippen LogP contribution in [-0.2, 0) is 0 Å². The molecule has 3 heteroatoms. The molecule has 2 aliphatic carbocycles. The highest BCUT2D eigenvalue weighted by Crippen LogP contribution is 2.44. The number of benzene rings is 1. The standard InChI is InChI=1S/C17H24FNO/c1-2-20-17-9-8-15(11-16(17)18)19-14-5-3-4-13(10-14)12-6-7-12/h8-9,11-14,19H,2-7,10H2,1H3. The fraction of sp³-hybridized carbons (Fsp3) is 0.647. The van der Waals surface area contributed by atoms with E-state index in [-0.39, 0.29) is 5.82 Å². The zero-order valence-corrected chi connectivity index (χ0v) is 12.2. The molecule has 0 aliphatic heterocycles. The van der Waals surface area contributed by atoms with Crippen molar-refractivity contribution in [1.29, 1.82) is 0 Å². The normalized spacial score (nSPS) is 26.3. The molecule has 0 bridgehead atoms. The van der Waals surface area contributed by atoms with Crippen molar-refractivity contribution < 1.29 is 9.13 Å². The van der Waals surface area contributed by atoms with Crippen LogP contribution in [-0.4, -0.2) is 12.6 Å². The molecule has 1 N–H and O–H groups in total. The Labute approximate surface area is 120 Å². The van der Waals surface area contributed by atoms with E-state index in [4.69, 9.17) is 4.74 Å². The molecule has 0 amide bonds. The molecule has 0 spiro atoms. The third kappa shape index (κ3) is 3.25. The van der Waals surface area contributed by atoms with E-state index in [2.05, 4.69) is 5.32 Å². The summed E-state index contributed by atoms with van der Waals surface area (Å²) in [7, 11) is 0. The van der Waals surface area contributed by atoms with E-state index in [9.17, 15) is 4.39 Å². The number of rotatable bonds is 5. The van der Waals surface area contributed by atoms with Gasteiger partial charge < -0.3 is 10.1 Å². The number of hydrogen-bond donors (Lipinski definition) is 1. The molecule has 0 aromatic heterocycles. The maximum absolute atomic E-state index is 13.8. The average molecular weight is 277 g/mol. The first-order valence-corrected chi connectivity index (χ1v) is 7.95. The van der Waals surface area contributed by atoms with Gasteiger partial charge in [-0.15, -0.1) is 0 Å². The molecule has 0 heterocycles. The smallest absolute Gasteiger partial charge is 0.167 e. The van der Waals surface area contributed by atoms with E-state index < -0.39 is 0 Å². The largest absolute Gasteiger partial charge is 0.491 e. The summed E-state index contributed by atoms with van der Waals surface area (Å²) in [5, 5.41) is 3.51. The Morgan fingerprint density at radius 3 is 2.75 bits per heavy atom. The minimum absolute atomic E-state index is 0.272. The summed E-state index contributed by atoms with van der Waals surface area (Å²) in [5.74, 6) is 1.95. The number of hydrogen-bond acceptors (Lipinski definition) is 2. The highest BCUT2D eigenvalue weighted by Gasteiger charge is 2.34. The van der Waals surface area contributed by atoms with Gasteiger partial charge in [-0.05, 0) is 56.6 Å². The van der Waals surface area contributed by atoms with Crippen LogP contribution in [0.5, 0.6) is 5.75 Å². The minimum atomic E-state index is -0.272. The highest BCUT2D eigenvalue weighted by molar-refractivity contribution is 5.48. The summed E-state index contributed by atoms with van der Waals surface area (Å²) in [6, 6.07) is 5.72. The third-order valence-electron chi connectivity index (χ3n) is 4.61. The Bertz CT molecular complexity index is 458. The van der Waals surface area contributed by atoms with Crippen LogP contribution in [0.25, 0.3) is 0 Å². The Kier molecular flexibility index (Phi) is 4.13. The van der Waals surface area contributed by atoms with Crippen LogP contribution in [0.3, 0.4) is 0 Å². The molecule has 0 saturated heterocycles. The fourth-order valence-electron chi connectivity index (χ4n) is 3.45. The van der Waals surface area contributed by atoms with Gasteiger partial charge in [0.2, 0.25) is 0 Å². The predicted molar refractivity (Wildman–Crippen MR) is 79.7 cm³/mol. The SMILES string of the molecule is CCOc1ccc(NC2CCCC(C3CC3)C2)cc1F. The van der Waals surface area contributed by atoms with Crippen LogP contribution < -0.4 is 10.1 Å². The average Bonchev–Trinajstić information content (AvgIpc) is 3.27. The molecule has 2 nitrogen and oxygen atoms in total. The molecule has 0 radical (unpaired) electrons. The predicted octanol–water partition coefficient (Wildman–Crippen LogP) is 4.61. The first-order chi connectivity index (χ1) is 9.76. The van der Waals surface area contributed by atoms with Crippen LogP contribution in [0.4, 0.5) is 10.1 Å². The van der Waals surface area contributed by atoms with Gasteiger partial charge in [0.1, 0.15) is 0 Å². The van der Waals surface area contributed by atoms with Gasteiger partial charge in [0.05, 0.1) is 6.61 Å². The van der Waals surface area contributed by atoms with Crippen molar-refractivity contribution in [3.63, 3.8) is 0 Å². The van der Waals surface area contributed by atoms with Gasteiger partial charge in [-0.2, -0.15) is 0 Å². The van der Waals surface area contributed by atoms with Gasteiger partial charge in [0, 0.05) is 17.8 Å². The van der Waals surface area contributed by atoms with Crippen molar-refractivity contribution in [2.45, 2.75) is 51.5 Å². The Morgan fingerprint density at radius 1 is 1.20 bits per heavy atom. The molecule has 2 atom stereocenters. The molecule has 110 valence electrons. The van der Waals surface area contributed by atoms with Crippen LogP contribution in [0, 0.1) is 17.7 Å². The van der Waals surface area contributed by atoms with Gasteiger partial charge in [0.15, 0.2) is 11.6 Å². The van der Waals surface area contributed by atoms with Crippen LogP contribution in [0.2, 0.25) is 0 Å². The van der Waals surface area contributed by atoms with Crippen LogP contribution in [0.15, 0.2) is 18.2 Å². The fourth-order valence-corrected chi connectivity index (χ4v) is 3.45. The summed E-state index contributed by atoms with van der Waals surface area (Å²) in [5.41, 5.74) is 0.882. The Morgan fingerprint density at radius 2 is 2.05 bits per heavy atom. The van der Waals surface area contributed by atoms with Crippen molar-refractivity contribution in [2.24, 2.45) is 11.8 Å². The lowest BCUT2D eigenvalue weighted by Gasteiger charge is -2.30. The lowest BCUT2D eigenvalue weighted by molar-refractivity contribution is 0.303. The minimum Gasteiger partial charge on any atom is -0.491 e. The molecule has 2 aliphatic rings. The van der Waals surface area contributed by atoms with E-state index in [0.717, 1.165) is 17.5 Å². The van der Waals surface area contributed by atoms with E-state index in [1.807, 2.05) is 13.0 Å². The molecular formula is C17H24FNO. The monoisotopic (exact) mass is 277 g/mol. The molecule has 2 fully saturated rings. The van der Waals surface area contributed by atoms with Gasteiger partial charge >= 0.3 is 0 Å². The van der Waals surface area contributed by atoms with E-state index >= 15 is 0 Å². The number of halogens is 1. The second-order valence-corrected chi connectivity index (χ2v) is 6.18. The molecule has 2 saturated carbocycles. The molecular weight excluding hydrogens is 253 g/mol. The summed E-state index contributed by atoms with van der Waals surface area (Å²) in [6.07, 6.45) is 8.00. The van der Waals surface area contributed by atoms with Gasteiger partial charge in [-0.3, -0.25) is 0 Å². The molecule has 1 aromatic rings. The summed E-state index contributed by atoms with van der Waals surface area (Å²) in [6.45, 7) is 2.36. The van der Waals surface area contributed by atoms with E-state index in [0.29, 0.717) is 18.4 Å². The van der Waals surface area contributed by atoms with Crippen molar-refractivity contribution in [1.82, 2.24) is 0 Å². The second kappa shape index (κ2) is 6.02. The molecule has 3 rings (SSSR count). The zero-order valence-electron chi connectivity index (χ0n) is 12.2. The Balaban J connectivity index is 1.60. The summed E-state index contributed by atoms with van der Waals surface area (Å²) in [4.78, 5) is 0.